The van der Waals surface area contributed by atoms with E-state index in [1.807, 2.05) is 0 Å². The third-order valence-corrected chi connectivity index (χ3v) is 1.63. The van der Waals surface area contributed by atoms with Gasteiger partial charge in [-0.3, -0.25) is 4.79 Å². The number of oxazole rings is 1. The molecule has 1 amide bonds. The summed E-state index contributed by atoms with van der Waals surface area (Å²) >= 11 is 0. The Morgan fingerprint density at radius 1 is 1.71 bits per heavy atom. The van der Waals surface area contributed by atoms with Gasteiger partial charge < -0.3 is 15.5 Å². The number of carbonyl (C=O) groups is 1. The van der Waals surface area contributed by atoms with Crippen LogP contribution in [0.3, 0.4) is 0 Å². The lowest BCUT2D eigenvalue weighted by Gasteiger charge is -1.98. The van der Waals surface area contributed by atoms with Crippen LogP contribution in [0.25, 0.3) is 0 Å². The van der Waals surface area contributed by atoms with E-state index in [-0.39, 0.29) is 11.7 Å². The van der Waals surface area contributed by atoms with Gasteiger partial charge in [0.25, 0.3) is 5.91 Å². The van der Waals surface area contributed by atoms with Crippen LogP contribution < -0.4 is 11.1 Å². The first kappa shape index (κ1) is 10.5. The van der Waals surface area contributed by atoms with Crippen molar-refractivity contribution in [2.75, 3.05) is 13.1 Å². The van der Waals surface area contributed by atoms with Gasteiger partial charge in [-0.15, -0.1) is 0 Å². The van der Waals surface area contributed by atoms with E-state index in [1.54, 1.807) is 19.1 Å². The Morgan fingerprint density at radius 2 is 2.50 bits per heavy atom. The van der Waals surface area contributed by atoms with Gasteiger partial charge >= 0.3 is 0 Å². The SMILES string of the molecule is Cc1ncoc1C(=O)NC/C=C/CN. The van der Waals surface area contributed by atoms with Gasteiger partial charge in [0.05, 0.1) is 5.69 Å². The number of nitrogens with one attached hydrogen (secondary N) is 1. The Balaban J connectivity index is 2.44. The summed E-state index contributed by atoms with van der Waals surface area (Å²) in [6.45, 7) is 2.63. The fourth-order valence-corrected chi connectivity index (χ4v) is 0.931. The molecule has 0 aliphatic heterocycles. The van der Waals surface area contributed by atoms with E-state index in [4.69, 9.17) is 10.2 Å². The minimum absolute atomic E-state index is 0.256. The summed E-state index contributed by atoms with van der Waals surface area (Å²) in [6.07, 6.45) is 4.80. The Hall–Kier alpha value is -1.62. The van der Waals surface area contributed by atoms with E-state index in [1.165, 1.54) is 6.39 Å². The second-order valence-electron chi connectivity index (χ2n) is 2.68. The van der Waals surface area contributed by atoms with Crippen LogP contribution in [0.15, 0.2) is 23.0 Å². The van der Waals surface area contributed by atoms with Gasteiger partial charge in [-0.25, -0.2) is 4.98 Å². The molecule has 1 heterocycles. The summed E-state index contributed by atoms with van der Waals surface area (Å²) in [7, 11) is 0. The van der Waals surface area contributed by atoms with Crippen molar-refractivity contribution in [2.24, 2.45) is 5.73 Å². The van der Waals surface area contributed by atoms with E-state index in [0.29, 0.717) is 18.8 Å². The maximum absolute atomic E-state index is 11.4. The van der Waals surface area contributed by atoms with Crippen molar-refractivity contribution in [1.29, 1.82) is 0 Å². The highest BCUT2D eigenvalue weighted by atomic mass is 16.3. The maximum atomic E-state index is 11.4. The molecule has 0 saturated carbocycles. The summed E-state index contributed by atoms with van der Waals surface area (Å²) < 4.78 is 4.91. The molecular weight excluding hydrogens is 182 g/mol. The van der Waals surface area contributed by atoms with Crippen LogP contribution in [0.4, 0.5) is 0 Å². The van der Waals surface area contributed by atoms with E-state index >= 15 is 0 Å². The minimum Gasteiger partial charge on any atom is -0.438 e. The van der Waals surface area contributed by atoms with Crippen LogP contribution in [0, 0.1) is 6.92 Å². The van der Waals surface area contributed by atoms with E-state index in [9.17, 15) is 4.79 Å². The van der Waals surface area contributed by atoms with Gasteiger partial charge in [0.15, 0.2) is 6.39 Å². The molecule has 1 aromatic heterocycles. The van der Waals surface area contributed by atoms with Crippen LogP contribution >= 0.6 is 0 Å². The Morgan fingerprint density at radius 3 is 3.07 bits per heavy atom. The number of hydrogen-bond donors (Lipinski definition) is 2. The number of rotatable bonds is 4. The topological polar surface area (TPSA) is 81.2 Å². The summed E-state index contributed by atoms with van der Waals surface area (Å²) in [5.74, 6) is -0.00665. The van der Waals surface area contributed by atoms with E-state index < -0.39 is 0 Å². The molecule has 3 N–H and O–H groups in total. The second-order valence-corrected chi connectivity index (χ2v) is 2.68. The highest BCUT2D eigenvalue weighted by molar-refractivity contribution is 5.92. The Bertz CT molecular complexity index is 331. The normalized spacial score (nSPS) is 10.7. The first-order valence-electron chi connectivity index (χ1n) is 4.29. The lowest BCUT2D eigenvalue weighted by atomic mass is 10.3. The first-order valence-corrected chi connectivity index (χ1v) is 4.29. The van der Waals surface area contributed by atoms with Gasteiger partial charge in [-0.05, 0) is 6.92 Å². The highest BCUT2D eigenvalue weighted by Crippen LogP contribution is 2.03. The predicted octanol–water partition coefficient (Wildman–Crippen LogP) is 0.228. The zero-order chi connectivity index (χ0) is 10.4. The van der Waals surface area contributed by atoms with Gasteiger partial charge in [0, 0.05) is 13.1 Å². The quantitative estimate of drug-likeness (QED) is 0.674. The molecule has 1 aromatic rings. The van der Waals surface area contributed by atoms with Crippen LogP contribution in [-0.4, -0.2) is 24.0 Å². The van der Waals surface area contributed by atoms with Gasteiger partial charge in [-0.2, -0.15) is 0 Å². The van der Waals surface area contributed by atoms with Crippen molar-refractivity contribution in [2.45, 2.75) is 6.92 Å². The molecule has 0 aromatic carbocycles. The molecule has 5 heteroatoms. The van der Waals surface area contributed by atoms with Crippen LogP contribution in [0.1, 0.15) is 16.2 Å². The van der Waals surface area contributed by atoms with E-state index in [0.717, 1.165) is 0 Å². The molecule has 0 spiro atoms. The molecule has 0 unspecified atom stereocenters. The standard InChI is InChI=1S/C9H13N3O2/c1-7-8(14-6-12-7)9(13)11-5-3-2-4-10/h2-3,6H,4-5,10H2,1H3,(H,11,13)/b3-2+. The monoisotopic (exact) mass is 195 g/mol. The zero-order valence-corrected chi connectivity index (χ0v) is 7.99. The van der Waals surface area contributed by atoms with Crippen molar-refractivity contribution in [3.63, 3.8) is 0 Å². The van der Waals surface area contributed by atoms with Crippen molar-refractivity contribution >= 4 is 5.91 Å². The number of amides is 1. The summed E-state index contributed by atoms with van der Waals surface area (Å²) in [5, 5.41) is 2.65. The number of aromatic nitrogens is 1. The summed E-state index contributed by atoms with van der Waals surface area (Å²) in [4.78, 5) is 15.2. The minimum atomic E-state index is -0.262. The van der Waals surface area contributed by atoms with Crippen molar-refractivity contribution in [1.82, 2.24) is 10.3 Å². The molecular formula is C9H13N3O2. The Labute approximate surface area is 82.0 Å². The zero-order valence-electron chi connectivity index (χ0n) is 7.99. The van der Waals surface area contributed by atoms with E-state index in [2.05, 4.69) is 10.3 Å². The van der Waals surface area contributed by atoms with Crippen LogP contribution in [0.5, 0.6) is 0 Å². The third kappa shape index (κ3) is 2.70. The molecule has 0 aliphatic rings. The molecule has 0 saturated heterocycles. The molecule has 76 valence electrons. The number of carbonyl (C=O) groups excluding carboxylic acids is 1. The number of nitrogens with zero attached hydrogens (tertiary/aromatic N) is 1. The fourth-order valence-electron chi connectivity index (χ4n) is 0.931. The summed E-state index contributed by atoms with van der Waals surface area (Å²) in [6, 6.07) is 0. The average Bonchev–Trinajstić information content (AvgIpc) is 2.59. The first-order chi connectivity index (χ1) is 6.75. The maximum Gasteiger partial charge on any atom is 0.289 e. The van der Waals surface area contributed by atoms with Crippen molar-refractivity contribution in [3.8, 4) is 0 Å². The molecule has 0 radical (unpaired) electrons. The lowest BCUT2D eigenvalue weighted by Crippen LogP contribution is -2.23. The molecule has 1 rings (SSSR count). The molecule has 0 fully saturated rings. The largest absolute Gasteiger partial charge is 0.438 e. The molecule has 0 atom stereocenters. The summed E-state index contributed by atoms with van der Waals surface area (Å²) in [5.41, 5.74) is 5.82. The lowest BCUT2D eigenvalue weighted by molar-refractivity contribution is 0.0929. The van der Waals surface area contributed by atoms with Crippen LogP contribution in [-0.2, 0) is 0 Å². The molecule has 0 bridgehead atoms. The van der Waals surface area contributed by atoms with Gasteiger partial charge in [0.2, 0.25) is 5.76 Å². The predicted molar refractivity (Wildman–Crippen MR) is 51.8 cm³/mol. The molecule has 5 nitrogen and oxygen atoms in total. The van der Waals surface area contributed by atoms with Crippen LogP contribution in [0.2, 0.25) is 0 Å². The number of hydrogen-bond acceptors (Lipinski definition) is 4. The second kappa shape index (κ2) is 5.18. The number of aryl methyl sites for hydroxylation is 1. The average molecular weight is 195 g/mol. The smallest absolute Gasteiger partial charge is 0.289 e. The molecule has 0 aliphatic carbocycles. The van der Waals surface area contributed by atoms with Gasteiger partial charge in [-0.1, -0.05) is 12.2 Å². The third-order valence-electron chi connectivity index (χ3n) is 1.63. The Kier molecular flexibility index (Phi) is 3.87. The highest BCUT2D eigenvalue weighted by Gasteiger charge is 2.11. The van der Waals surface area contributed by atoms with Crippen molar-refractivity contribution < 1.29 is 9.21 Å². The fraction of sp³-hybridized carbons (Fsp3) is 0.333. The molecule has 14 heavy (non-hydrogen) atoms. The number of nitrogens with two attached hydrogens (primary N) is 1. The van der Waals surface area contributed by atoms with Crippen molar-refractivity contribution in [3.05, 3.63) is 30.0 Å². The van der Waals surface area contributed by atoms with Gasteiger partial charge in [0.1, 0.15) is 0 Å².